The molecular formula is C16H24FNO. The molecule has 1 saturated heterocycles. The van der Waals surface area contributed by atoms with E-state index < -0.39 is 0 Å². The molecule has 0 bridgehead atoms. The van der Waals surface area contributed by atoms with Crippen molar-refractivity contribution < 1.29 is 9.13 Å². The van der Waals surface area contributed by atoms with Gasteiger partial charge >= 0.3 is 0 Å². The van der Waals surface area contributed by atoms with Crippen LogP contribution in [0.15, 0.2) is 18.2 Å². The van der Waals surface area contributed by atoms with Crippen LogP contribution in [0.4, 0.5) is 4.39 Å². The second-order valence-electron chi connectivity index (χ2n) is 5.39. The van der Waals surface area contributed by atoms with Crippen molar-refractivity contribution in [3.8, 4) is 0 Å². The molecule has 1 atom stereocenters. The van der Waals surface area contributed by atoms with E-state index in [1.165, 1.54) is 5.56 Å². The van der Waals surface area contributed by atoms with Gasteiger partial charge in [0.25, 0.3) is 0 Å². The second kappa shape index (κ2) is 7.01. The molecule has 19 heavy (non-hydrogen) atoms. The highest BCUT2D eigenvalue weighted by Gasteiger charge is 2.25. The average molecular weight is 265 g/mol. The van der Waals surface area contributed by atoms with Gasteiger partial charge in [-0.2, -0.15) is 0 Å². The van der Waals surface area contributed by atoms with E-state index in [9.17, 15) is 4.39 Å². The first-order valence-corrected chi connectivity index (χ1v) is 7.29. The molecule has 2 rings (SSSR count). The maximum absolute atomic E-state index is 13.4. The number of benzene rings is 1. The van der Waals surface area contributed by atoms with Crippen molar-refractivity contribution in [3.63, 3.8) is 0 Å². The molecule has 106 valence electrons. The standard InChI is InChI=1S/C16H24FNO/c1-3-8-18-16(13-6-9-19-10-7-13)14-4-5-15(17)12(2)11-14/h4-5,11,13,16,18H,3,6-10H2,1-2H3. The van der Waals surface area contributed by atoms with E-state index in [1.54, 1.807) is 6.07 Å². The highest BCUT2D eigenvalue weighted by atomic mass is 19.1. The summed E-state index contributed by atoms with van der Waals surface area (Å²) >= 11 is 0. The molecule has 1 aliphatic heterocycles. The van der Waals surface area contributed by atoms with Gasteiger partial charge in [-0.05, 0) is 55.8 Å². The summed E-state index contributed by atoms with van der Waals surface area (Å²) in [5, 5.41) is 3.62. The molecule has 1 heterocycles. The molecule has 0 spiro atoms. The molecular weight excluding hydrogens is 241 g/mol. The van der Waals surface area contributed by atoms with Crippen LogP contribution < -0.4 is 5.32 Å². The van der Waals surface area contributed by atoms with Crippen LogP contribution in [0.25, 0.3) is 0 Å². The lowest BCUT2D eigenvalue weighted by Gasteiger charge is -2.31. The molecule has 1 fully saturated rings. The van der Waals surface area contributed by atoms with Gasteiger partial charge in [0.1, 0.15) is 5.82 Å². The maximum atomic E-state index is 13.4. The maximum Gasteiger partial charge on any atom is 0.126 e. The normalized spacial score (nSPS) is 18.5. The average Bonchev–Trinajstić information content (AvgIpc) is 2.44. The lowest BCUT2D eigenvalue weighted by atomic mass is 9.86. The van der Waals surface area contributed by atoms with Crippen LogP contribution in [0.5, 0.6) is 0 Å². The fourth-order valence-corrected chi connectivity index (χ4v) is 2.77. The predicted molar refractivity (Wildman–Crippen MR) is 75.7 cm³/mol. The van der Waals surface area contributed by atoms with Gasteiger partial charge in [0.2, 0.25) is 0 Å². The largest absolute Gasteiger partial charge is 0.381 e. The molecule has 0 amide bonds. The molecule has 0 aromatic heterocycles. The van der Waals surface area contributed by atoms with Crippen LogP contribution >= 0.6 is 0 Å². The SMILES string of the molecule is CCCNC(c1ccc(F)c(C)c1)C1CCOCC1. The van der Waals surface area contributed by atoms with E-state index in [4.69, 9.17) is 4.74 Å². The Bertz CT molecular complexity index is 402. The summed E-state index contributed by atoms with van der Waals surface area (Å²) < 4.78 is 18.9. The number of aryl methyl sites for hydroxylation is 1. The summed E-state index contributed by atoms with van der Waals surface area (Å²) in [6, 6.07) is 5.82. The Morgan fingerprint density at radius 3 is 2.74 bits per heavy atom. The fourth-order valence-electron chi connectivity index (χ4n) is 2.77. The summed E-state index contributed by atoms with van der Waals surface area (Å²) in [6.07, 6.45) is 3.27. The Kier molecular flexibility index (Phi) is 5.34. The van der Waals surface area contributed by atoms with E-state index in [1.807, 2.05) is 19.1 Å². The Balaban J connectivity index is 2.17. The van der Waals surface area contributed by atoms with Crippen LogP contribution in [-0.4, -0.2) is 19.8 Å². The minimum atomic E-state index is -0.120. The third kappa shape index (κ3) is 3.77. The second-order valence-corrected chi connectivity index (χ2v) is 5.39. The first-order valence-electron chi connectivity index (χ1n) is 7.29. The fraction of sp³-hybridized carbons (Fsp3) is 0.625. The highest BCUT2D eigenvalue weighted by molar-refractivity contribution is 5.27. The number of hydrogen-bond acceptors (Lipinski definition) is 2. The molecule has 1 aromatic carbocycles. The number of hydrogen-bond donors (Lipinski definition) is 1. The smallest absolute Gasteiger partial charge is 0.126 e. The van der Waals surface area contributed by atoms with Crippen LogP contribution in [0.2, 0.25) is 0 Å². The van der Waals surface area contributed by atoms with Crippen LogP contribution in [0.1, 0.15) is 43.4 Å². The molecule has 3 heteroatoms. The summed E-state index contributed by atoms with van der Waals surface area (Å²) in [4.78, 5) is 0. The first kappa shape index (κ1) is 14.5. The highest BCUT2D eigenvalue weighted by Crippen LogP contribution is 2.30. The molecule has 0 saturated carbocycles. The molecule has 2 nitrogen and oxygen atoms in total. The summed E-state index contributed by atoms with van der Waals surface area (Å²) in [6.45, 7) is 6.69. The zero-order chi connectivity index (χ0) is 13.7. The topological polar surface area (TPSA) is 21.3 Å². The Morgan fingerprint density at radius 1 is 1.37 bits per heavy atom. The van der Waals surface area contributed by atoms with Crippen LogP contribution in [-0.2, 0) is 4.74 Å². The van der Waals surface area contributed by atoms with Gasteiger partial charge in [0.05, 0.1) is 0 Å². The summed E-state index contributed by atoms with van der Waals surface area (Å²) in [5.74, 6) is 0.468. The monoisotopic (exact) mass is 265 g/mol. The lowest BCUT2D eigenvalue weighted by molar-refractivity contribution is 0.0536. The summed E-state index contributed by atoms with van der Waals surface area (Å²) in [5.41, 5.74) is 1.94. The van der Waals surface area contributed by atoms with E-state index >= 15 is 0 Å². The third-order valence-electron chi connectivity index (χ3n) is 3.89. The van der Waals surface area contributed by atoms with Gasteiger partial charge in [-0.15, -0.1) is 0 Å². The molecule has 0 radical (unpaired) electrons. The minimum Gasteiger partial charge on any atom is -0.381 e. The minimum absolute atomic E-state index is 0.120. The molecule has 1 aromatic rings. The number of halogens is 1. The van der Waals surface area contributed by atoms with Gasteiger partial charge in [0, 0.05) is 19.3 Å². The number of ether oxygens (including phenoxy) is 1. The van der Waals surface area contributed by atoms with Crippen molar-refractivity contribution in [2.75, 3.05) is 19.8 Å². The Labute approximate surface area is 115 Å². The van der Waals surface area contributed by atoms with E-state index in [2.05, 4.69) is 12.2 Å². The van der Waals surface area contributed by atoms with Crippen LogP contribution in [0.3, 0.4) is 0 Å². The van der Waals surface area contributed by atoms with Gasteiger partial charge in [-0.3, -0.25) is 0 Å². The molecule has 1 unspecified atom stereocenters. The van der Waals surface area contributed by atoms with Crippen molar-refractivity contribution in [2.24, 2.45) is 5.92 Å². The van der Waals surface area contributed by atoms with Crippen molar-refractivity contribution in [2.45, 2.75) is 39.2 Å². The number of rotatable bonds is 5. The van der Waals surface area contributed by atoms with Crippen LogP contribution in [0, 0.1) is 18.7 Å². The molecule has 1 N–H and O–H groups in total. The molecule has 0 aliphatic carbocycles. The Morgan fingerprint density at radius 2 is 2.11 bits per heavy atom. The van der Waals surface area contributed by atoms with Gasteiger partial charge in [-0.25, -0.2) is 4.39 Å². The predicted octanol–water partition coefficient (Wildman–Crippen LogP) is 3.60. The van der Waals surface area contributed by atoms with Gasteiger partial charge < -0.3 is 10.1 Å². The molecule has 1 aliphatic rings. The third-order valence-corrected chi connectivity index (χ3v) is 3.89. The lowest BCUT2D eigenvalue weighted by Crippen LogP contribution is -2.32. The van der Waals surface area contributed by atoms with Crippen molar-refractivity contribution in [1.29, 1.82) is 0 Å². The Hall–Kier alpha value is -0.930. The number of nitrogens with one attached hydrogen (secondary N) is 1. The summed E-state index contributed by atoms with van der Waals surface area (Å²) in [7, 11) is 0. The van der Waals surface area contributed by atoms with Crippen molar-refractivity contribution in [3.05, 3.63) is 35.1 Å². The van der Waals surface area contributed by atoms with Gasteiger partial charge in [-0.1, -0.05) is 19.1 Å². The quantitative estimate of drug-likeness (QED) is 0.878. The zero-order valence-corrected chi connectivity index (χ0v) is 11.9. The van der Waals surface area contributed by atoms with E-state index in [0.29, 0.717) is 12.0 Å². The first-order chi connectivity index (χ1) is 9.22. The van der Waals surface area contributed by atoms with Gasteiger partial charge in [0.15, 0.2) is 0 Å². The van der Waals surface area contributed by atoms with E-state index in [0.717, 1.165) is 44.6 Å². The van der Waals surface area contributed by atoms with E-state index in [-0.39, 0.29) is 5.82 Å². The van der Waals surface area contributed by atoms with Crippen molar-refractivity contribution >= 4 is 0 Å². The zero-order valence-electron chi connectivity index (χ0n) is 11.9. The van der Waals surface area contributed by atoms with Crippen molar-refractivity contribution in [1.82, 2.24) is 5.32 Å².